The molecule has 0 bridgehead atoms. The molecule has 0 saturated heterocycles. The number of benzene rings is 2. The van der Waals surface area contributed by atoms with Crippen LogP contribution in [-0.2, 0) is 4.74 Å². The van der Waals surface area contributed by atoms with Crippen LogP contribution in [0.25, 0.3) is 0 Å². The Bertz CT molecular complexity index is 514. The number of hydrogen-bond acceptors (Lipinski definition) is 4. The lowest BCUT2D eigenvalue weighted by Gasteiger charge is -2.22. The molecule has 136 valence electrons. The smallest absolute Gasteiger partial charge is 0.125 e. The monoisotopic (exact) mass is 343 g/mol. The minimum Gasteiger partial charge on any atom is -0.491 e. The summed E-state index contributed by atoms with van der Waals surface area (Å²) in [6.07, 6.45) is -0.115. The number of para-hydroxylation sites is 2. The summed E-state index contributed by atoms with van der Waals surface area (Å²) in [7, 11) is 0. The molecule has 0 heterocycles. The first-order valence-corrected chi connectivity index (χ1v) is 9.01. The third-order valence-corrected chi connectivity index (χ3v) is 4.01. The van der Waals surface area contributed by atoms with E-state index < -0.39 is 0 Å². The van der Waals surface area contributed by atoms with E-state index in [2.05, 4.69) is 18.7 Å². The van der Waals surface area contributed by atoms with Crippen LogP contribution in [0.3, 0.4) is 0 Å². The zero-order valence-electron chi connectivity index (χ0n) is 15.3. The molecule has 0 unspecified atom stereocenters. The van der Waals surface area contributed by atoms with Gasteiger partial charge in [0.2, 0.25) is 0 Å². The Morgan fingerprint density at radius 1 is 0.760 bits per heavy atom. The summed E-state index contributed by atoms with van der Waals surface area (Å²) >= 11 is 0. The second kappa shape index (κ2) is 11.5. The molecule has 2 rings (SSSR count). The summed E-state index contributed by atoms with van der Waals surface area (Å²) < 4.78 is 17.7. The lowest BCUT2D eigenvalue weighted by atomic mass is 10.3. The molecule has 0 N–H and O–H groups in total. The minimum atomic E-state index is -0.115. The minimum absolute atomic E-state index is 0.115. The Labute approximate surface area is 151 Å². The van der Waals surface area contributed by atoms with Crippen LogP contribution in [-0.4, -0.2) is 50.5 Å². The molecule has 0 amide bonds. The summed E-state index contributed by atoms with van der Waals surface area (Å²) in [4.78, 5) is 2.34. The molecule has 2 aromatic carbocycles. The van der Waals surface area contributed by atoms with Crippen LogP contribution in [0.5, 0.6) is 11.5 Å². The number of ether oxygens (including phenoxy) is 3. The molecule has 4 nitrogen and oxygen atoms in total. The first-order valence-electron chi connectivity index (χ1n) is 9.01. The van der Waals surface area contributed by atoms with Crippen molar-refractivity contribution in [1.82, 2.24) is 4.90 Å². The number of rotatable bonds is 12. The quantitative estimate of drug-likeness (QED) is 0.585. The van der Waals surface area contributed by atoms with E-state index in [0.717, 1.165) is 31.1 Å². The zero-order chi connectivity index (χ0) is 17.7. The van der Waals surface area contributed by atoms with Crippen molar-refractivity contribution in [3.8, 4) is 11.5 Å². The van der Waals surface area contributed by atoms with Crippen LogP contribution in [0.4, 0.5) is 0 Å². The van der Waals surface area contributed by atoms with Gasteiger partial charge in [0, 0.05) is 6.54 Å². The topological polar surface area (TPSA) is 30.9 Å². The van der Waals surface area contributed by atoms with Gasteiger partial charge in [-0.3, -0.25) is 0 Å². The van der Waals surface area contributed by atoms with Gasteiger partial charge in [0.1, 0.15) is 30.8 Å². The molecule has 4 heteroatoms. The van der Waals surface area contributed by atoms with Gasteiger partial charge in [0.15, 0.2) is 0 Å². The van der Waals surface area contributed by atoms with E-state index in [4.69, 9.17) is 14.2 Å². The maximum atomic E-state index is 6.03. The normalized spacial score (nSPS) is 11.0. The molecule has 0 aliphatic heterocycles. The first kappa shape index (κ1) is 19.3. The molecule has 0 fully saturated rings. The van der Waals surface area contributed by atoms with Crippen LogP contribution in [0.1, 0.15) is 13.8 Å². The molecular weight excluding hydrogens is 314 g/mol. The van der Waals surface area contributed by atoms with Crippen LogP contribution >= 0.6 is 0 Å². The molecule has 0 aliphatic rings. The summed E-state index contributed by atoms with van der Waals surface area (Å²) in [5, 5.41) is 0. The number of likely N-dealkylation sites (N-methyl/N-ethyl adjacent to an activating group) is 1. The molecule has 0 saturated carbocycles. The highest BCUT2D eigenvalue weighted by atomic mass is 16.6. The second-order valence-corrected chi connectivity index (χ2v) is 5.77. The van der Waals surface area contributed by atoms with Gasteiger partial charge < -0.3 is 19.1 Å². The summed E-state index contributed by atoms with van der Waals surface area (Å²) in [5.74, 6) is 1.69. The highest BCUT2D eigenvalue weighted by Crippen LogP contribution is 2.12. The van der Waals surface area contributed by atoms with E-state index >= 15 is 0 Å². The predicted molar refractivity (Wildman–Crippen MR) is 101 cm³/mol. The van der Waals surface area contributed by atoms with Gasteiger partial charge in [0.25, 0.3) is 0 Å². The highest BCUT2D eigenvalue weighted by molar-refractivity contribution is 5.21. The van der Waals surface area contributed by atoms with Crippen molar-refractivity contribution in [3.05, 3.63) is 60.7 Å². The fraction of sp³-hybridized carbons (Fsp3) is 0.429. The Morgan fingerprint density at radius 3 is 1.68 bits per heavy atom. The molecule has 0 spiro atoms. The molecule has 0 atom stereocenters. The van der Waals surface area contributed by atoms with E-state index in [0.29, 0.717) is 19.8 Å². The van der Waals surface area contributed by atoms with Crippen molar-refractivity contribution in [2.75, 3.05) is 39.5 Å². The summed E-state index contributed by atoms with van der Waals surface area (Å²) in [6.45, 7) is 8.92. The molecule has 0 aliphatic carbocycles. The van der Waals surface area contributed by atoms with Gasteiger partial charge in [-0.2, -0.15) is 0 Å². The van der Waals surface area contributed by atoms with Gasteiger partial charge in [0.05, 0.1) is 6.61 Å². The Hall–Kier alpha value is -2.04. The lowest BCUT2D eigenvalue weighted by Crippen LogP contribution is -2.33. The van der Waals surface area contributed by atoms with Crippen molar-refractivity contribution in [2.24, 2.45) is 0 Å². The van der Waals surface area contributed by atoms with E-state index in [1.165, 1.54) is 0 Å². The Kier molecular flexibility index (Phi) is 8.87. The van der Waals surface area contributed by atoms with E-state index in [1.54, 1.807) is 0 Å². The Morgan fingerprint density at radius 2 is 1.24 bits per heavy atom. The average molecular weight is 343 g/mol. The van der Waals surface area contributed by atoms with E-state index in [9.17, 15) is 0 Å². The highest BCUT2D eigenvalue weighted by Gasteiger charge is 2.12. The third-order valence-electron chi connectivity index (χ3n) is 4.01. The average Bonchev–Trinajstić information content (AvgIpc) is 2.68. The third kappa shape index (κ3) is 7.59. The number of hydrogen-bond donors (Lipinski definition) is 0. The first-order chi connectivity index (χ1) is 12.3. The maximum absolute atomic E-state index is 6.03. The van der Waals surface area contributed by atoms with E-state index in [-0.39, 0.29) is 6.10 Å². The van der Waals surface area contributed by atoms with Crippen molar-refractivity contribution in [2.45, 2.75) is 20.0 Å². The fourth-order valence-corrected chi connectivity index (χ4v) is 2.44. The van der Waals surface area contributed by atoms with Crippen molar-refractivity contribution >= 4 is 0 Å². The molecular formula is C21H29NO3. The van der Waals surface area contributed by atoms with Gasteiger partial charge in [-0.15, -0.1) is 0 Å². The van der Waals surface area contributed by atoms with Crippen molar-refractivity contribution in [1.29, 1.82) is 0 Å². The van der Waals surface area contributed by atoms with Gasteiger partial charge >= 0.3 is 0 Å². The molecule has 0 radical (unpaired) electrons. The lowest BCUT2D eigenvalue weighted by molar-refractivity contribution is -0.0144. The molecule has 25 heavy (non-hydrogen) atoms. The largest absolute Gasteiger partial charge is 0.491 e. The standard InChI is InChI=1S/C21H29NO3/c1-3-22(4-2)15-16-23-21(17-24-19-11-7-5-8-12-19)18-25-20-13-9-6-10-14-20/h5-14,21H,3-4,15-18H2,1-2H3. The fourth-order valence-electron chi connectivity index (χ4n) is 2.44. The van der Waals surface area contributed by atoms with Crippen LogP contribution < -0.4 is 9.47 Å². The Balaban J connectivity index is 1.83. The van der Waals surface area contributed by atoms with Crippen molar-refractivity contribution in [3.63, 3.8) is 0 Å². The van der Waals surface area contributed by atoms with E-state index in [1.807, 2.05) is 60.7 Å². The molecule has 0 aromatic heterocycles. The van der Waals surface area contributed by atoms with Crippen LogP contribution in [0.15, 0.2) is 60.7 Å². The summed E-state index contributed by atoms with van der Waals surface area (Å²) in [5.41, 5.74) is 0. The van der Waals surface area contributed by atoms with Gasteiger partial charge in [-0.05, 0) is 37.4 Å². The summed E-state index contributed by atoms with van der Waals surface area (Å²) in [6, 6.07) is 19.6. The van der Waals surface area contributed by atoms with Crippen LogP contribution in [0.2, 0.25) is 0 Å². The van der Waals surface area contributed by atoms with Crippen LogP contribution in [0, 0.1) is 0 Å². The van der Waals surface area contributed by atoms with Crippen molar-refractivity contribution < 1.29 is 14.2 Å². The molecule has 2 aromatic rings. The zero-order valence-corrected chi connectivity index (χ0v) is 15.3. The SMILES string of the molecule is CCN(CC)CCOC(COc1ccccc1)COc1ccccc1. The van der Waals surface area contributed by atoms with Gasteiger partial charge in [-0.1, -0.05) is 50.2 Å². The number of nitrogens with zero attached hydrogens (tertiary/aromatic N) is 1. The maximum Gasteiger partial charge on any atom is 0.125 e. The van der Waals surface area contributed by atoms with Gasteiger partial charge in [-0.25, -0.2) is 0 Å². The predicted octanol–water partition coefficient (Wildman–Crippen LogP) is 3.87. The second-order valence-electron chi connectivity index (χ2n) is 5.77.